The lowest BCUT2D eigenvalue weighted by Crippen LogP contribution is -1.89. The molecule has 3 rings (SSSR count). The van der Waals surface area contributed by atoms with Gasteiger partial charge in [0.05, 0.1) is 12.0 Å². The molecule has 0 aliphatic heterocycles. The average molecular weight is 351 g/mol. The van der Waals surface area contributed by atoms with Crippen molar-refractivity contribution in [3.05, 3.63) is 52.8 Å². The normalized spacial score (nSPS) is 10.8. The number of nitrogen functional groups attached to an aromatic ring is 1. The summed E-state index contributed by atoms with van der Waals surface area (Å²) in [6, 6.07) is 11.4. The molecule has 20 heavy (non-hydrogen) atoms. The first kappa shape index (κ1) is 13.3. The van der Waals surface area contributed by atoms with E-state index in [1.165, 1.54) is 0 Å². The largest absolute Gasteiger partial charge is 0.461 e. The van der Waals surface area contributed by atoms with Crippen LogP contribution in [-0.4, -0.2) is 5.16 Å². The van der Waals surface area contributed by atoms with Crippen LogP contribution in [-0.2, 0) is 5.75 Å². The van der Waals surface area contributed by atoms with Gasteiger partial charge in [-0.1, -0.05) is 21.1 Å². The topological polar surface area (TPSA) is 65.2 Å². The zero-order chi connectivity index (χ0) is 13.9. The molecule has 0 aliphatic carbocycles. The molecule has 0 unspecified atom stereocenters. The van der Waals surface area contributed by atoms with Crippen molar-refractivity contribution in [2.75, 3.05) is 5.73 Å². The fraction of sp³-hybridized carbons (Fsp3) is 0.0714. The number of hydrogen-bond acceptors (Lipinski definition) is 5. The van der Waals surface area contributed by atoms with E-state index in [4.69, 9.17) is 14.7 Å². The number of benzene rings is 1. The fourth-order valence-corrected chi connectivity index (χ4v) is 2.93. The fourth-order valence-electron chi connectivity index (χ4n) is 1.72. The van der Waals surface area contributed by atoms with Crippen LogP contribution in [0.4, 0.5) is 5.69 Å². The second-order valence-electron chi connectivity index (χ2n) is 4.13. The number of halogens is 1. The number of aromatic nitrogens is 1. The minimum Gasteiger partial charge on any atom is -0.461 e. The Morgan fingerprint density at radius 2 is 2.10 bits per heavy atom. The zero-order valence-electron chi connectivity index (χ0n) is 10.4. The molecular weight excluding hydrogens is 340 g/mol. The van der Waals surface area contributed by atoms with Crippen LogP contribution >= 0.6 is 27.7 Å². The van der Waals surface area contributed by atoms with E-state index in [-0.39, 0.29) is 0 Å². The second-order valence-corrected chi connectivity index (χ2v) is 6.06. The van der Waals surface area contributed by atoms with Crippen molar-refractivity contribution in [3.63, 3.8) is 0 Å². The third-order valence-corrected chi connectivity index (χ3v) is 4.29. The van der Waals surface area contributed by atoms with Gasteiger partial charge < -0.3 is 14.7 Å². The lowest BCUT2D eigenvalue weighted by Gasteiger charge is -2.03. The van der Waals surface area contributed by atoms with E-state index in [1.807, 2.05) is 36.4 Å². The molecule has 1 aromatic carbocycles. The molecule has 6 heteroatoms. The van der Waals surface area contributed by atoms with Crippen LogP contribution in [0.1, 0.15) is 5.69 Å². The highest BCUT2D eigenvalue weighted by Gasteiger charge is 2.10. The number of anilines is 1. The highest BCUT2D eigenvalue weighted by Crippen LogP contribution is 2.31. The van der Waals surface area contributed by atoms with Crippen molar-refractivity contribution in [2.24, 2.45) is 0 Å². The van der Waals surface area contributed by atoms with E-state index in [0.717, 1.165) is 20.7 Å². The summed E-state index contributed by atoms with van der Waals surface area (Å²) >= 11 is 5.01. The molecule has 0 atom stereocenters. The summed E-state index contributed by atoms with van der Waals surface area (Å²) < 4.78 is 11.5. The number of thioether (sulfide) groups is 1. The van der Waals surface area contributed by atoms with E-state index in [2.05, 4.69) is 21.1 Å². The van der Waals surface area contributed by atoms with Crippen molar-refractivity contribution < 1.29 is 8.94 Å². The number of nitrogens with zero attached hydrogens (tertiary/aromatic N) is 1. The van der Waals surface area contributed by atoms with E-state index in [1.54, 1.807) is 18.0 Å². The van der Waals surface area contributed by atoms with Gasteiger partial charge in [0, 0.05) is 26.9 Å². The Hall–Kier alpha value is -1.66. The van der Waals surface area contributed by atoms with Crippen molar-refractivity contribution >= 4 is 33.4 Å². The summed E-state index contributed by atoms with van der Waals surface area (Å²) in [4.78, 5) is 1.02. The maximum atomic E-state index is 5.96. The number of rotatable bonds is 4. The molecule has 0 spiro atoms. The van der Waals surface area contributed by atoms with Gasteiger partial charge in [-0.05, 0) is 30.3 Å². The van der Waals surface area contributed by atoms with Crippen LogP contribution in [0, 0.1) is 0 Å². The van der Waals surface area contributed by atoms with Gasteiger partial charge in [-0.2, -0.15) is 0 Å². The molecule has 2 heterocycles. The molecule has 4 nitrogen and oxygen atoms in total. The molecule has 0 saturated carbocycles. The van der Waals surface area contributed by atoms with Crippen LogP contribution < -0.4 is 5.73 Å². The molecule has 2 N–H and O–H groups in total. The predicted molar refractivity (Wildman–Crippen MR) is 82.3 cm³/mol. The third kappa shape index (κ3) is 2.91. The molecule has 3 aromatic rings. The number of furan rings is 1. The molecular formula is C14H11BrN2O2S. The predicted octanol–water partition coefficient (Wildman–Crippen LogP) is 4.57. The molecule has 0 aliphatic rings. The van der Waals surface area contributed by atoms with Crippen LogP contribution in [0.15, 0.2) is 61.0 Å². The van der Waals surface area contributed by atoms with Crippen LogP contribution in [0.5, 0.6) is 0 Å². The van der Waals surface area contributed by atoms with Crippen molar-refractivity contribution in [1.82, 2.24) is 5.16 Å². The number of nitrogens with two attached hydrogens (primary N) is 1. The maximum absolute atomic E-state index is 5.96. The summed E-state index contributed by atoms with van der Waals surface area (Å²) in [7, 11) is 0. The monoisotopic (exact) mass is 350 g/mol. The van der Waals surface area contributed by atoms with Crippen LogP contribution in [0.3, 0.4) is 0 Å². The van der Waals surface area contributed by atoms with Crippen molar-refractivity contribution in [2.45, 2.75) is 10.6 Å². The Balaban J connectivity index is 1.70. The summed E-state index contributed by atoms with van der Waals surface area (Å²) in [5.41, 5.74) is 7.56. The summed E-state index contributed by atoms with van der Waals surface area (Å²) in [5.74, 6) is 2.00. The van der Waals surface area contributed by atoms with Crippen LogP contribution in [0.25, 0.3) is 11.5 Å². The molecule has 0 fully saturated rings. The minimum absolute atomic E-state index is 0.634. The maximum Gasteiger partial charge on any atom is 0.202 e. The van der Waals surface area contributed by atoms with E-state index in [0.29, 0.717) is 17.3 Å². The van der Waals surface area contributed by atoms with Gasteiger partial charge in [-0.3, -0.25) is 0 Å². The van der Waals surface area contributed by atoms with Gasteiger partial charge in [0.15, 0.2) is 5.76 Å². The smallest absolute Gasteiger partial charge is 0.202 e. The Morgan fingerprint density at radius 3 is 2.85 bits per heavy atom. The van der Waals surface area contributed by atoms with Gasteiger partial charge in [0.1, 0.15) is 0 Å². The van der Waals surface area contributed by atoms with E-state index < -0.39 is 0 Å². The van der Waals surface area contributed by atoms with Crippen LogP contribution in [0.2, 0.25) is 0 Å². The van der Waals surface area contributed by atoms with Crippen molar-refractivity contribution in [3.8, 4) is 11.5 Å². The third-order valence-electron chi connectivity index (χ3n) is 2.67. The highest BCUT2D eigenvalue weighted by molar-refractivity contribution is 9.10. The molecule has 102 valence electrons. The lowest BCUT2D eigenvalue weighted by molar-refractivity contribution is 0.413. The van der Waals surface area contributed by atoms with Gasteiger partial charge in [0.25, 0.3) is 0 Å². The average Bonchev–Trinajstić information content (AvgIpc) is 3.08. The zero-order valence-corrected chi connectivity index (χ0v) is 12.8. The quantitative estimate of drug-likeness (QED) is 0.551. The molecule has 2 aromatic heterocycles. The standard InChI is InChI=1S/C14H11BrN2O2S/c15-9-3-4-14(11(16)6-9)20-8-10-7-13(19-17-10)12-2-1-5-18-12/h1-7H,8,16H2. The molecule has 0 radical (unpaired) electrons. The first-order valence-electron chi connectivity index (χ1n) is 5.89. The first-order chi connectivity index (χ1) is 9.72. The van der Waals surface area contributed by atoms with Gasteiger partial charge in [-0.25, -0.2) is 0 Å². The highest BCUT2D eigenvalue weighted by atomic mass is 79.9. The summed E-state index contributed by atoms with van der Waals surface area (Å²) in [6.07, 6.45) is 1.61. The Morgan fingerprint density at radius 1 is 1.20 bits per heavy atom. The number of hydrogen-bond donors (Lipinski definition) is 1. The summed E-state index contributed by atoms with van der Waals surface area (Å²) in [6.45, 7) is 0. The molecule has 0 amide bonds. The summed E-state index contributed by atoms with van der Waals surface area (Å²) in [5, 5.41) is 4.03. The Bertz CT molecular complexity index is 710. The van der Waals surface area contributed by atoms with Crippen molar-refractivity contribution in [1.29, 1.82) is 0 Å². The SMILES string of the molecule is Nc1cc(Br)ccc1SCc1cc(-c2ccco2)on1. The second kappa shape index (κ2) is 5.76. The van der Waals surface area contributed by atoms with Gasteiger partial charge >= 0.3 is 0 Å². The molecule has 0 saturated heterocycles. The minimum atomic E-state index is 0.634. The lowest BCUT2D eigenvalue weighted by atomic mass is 10.3. The van der Waals surface area contributed by atoms with Gasteiger partial charge in [-0.15, -0.1) is 11.8 Å². The first-order valence-corrected chi connectivity index (χ1v) is 7.67. The molecule has 0 bridgehead atoms. The Labute approximate surface area is 128 Å². The van der Waals surface area contributed by atoms with E-state index >= 15 is 0 Å². The van der Waals surface area contributed by atoms with Gasteiger partial charge in [0.2, 0.25) is 5.76 Å². The van der Waals surface area contributed by atoms with E-state index in [9.17, 15) is 0 Å². The Kier molecular flexibility index (Phi) is 3.84.